The average Bonchev–Trinajstić information content (AvgIpc) is 2.84. The molecule has 0 aliphatic rings. The molecule has 2 N–H and O–H groups in total. The molecule has 0 spiro atoms. The second kappa shape index (κ2) is 9.98. The summed E-state index contributed by atoms with van der Waals surface area (Å²) in [5, 5.41) is 3.99. The lowest BCUT2D eigenvalue weighted by molar-refractivity contribution is 0.386. The zero-order valence-corrected chi connectivity index (χ0v) is 18.6. The molecule has 0 saturated carbocycles. The van der Waals surface area contributed by atoms with Crippen molar-refractivity contribution in [2.45, 2.75) is 19.1 Å². The van der Waals surface area contributed by atoms with E-state index >= 15 is 4.39 Å². The maximum Gasteiger partial charge on any atom is 0.349 e. The van der Waals surface area contributed by atoms with Gasteiger partial charge in [-0.3, -0.25) is 4.79 Å². The number of methoxy groups -OCH3 is 1. The largest absolute Gasteiger partial charge is 0.494 e. The summed E-state index contributed by atoms with van der Waals surface area (Å²) in [6, 6.07) is 16.2. The number of ether oxygens (including phenoxy) is 1. The van der Waals surface area contributed by atoms with Gasteiger partial charge in [0.1, 0.15) is 11.6 Å². The highest BCUT2D eigenvalue weighted by Crippen LogP contribution is 2.26. The van der Waals surface area contributed by atoms with Crippen molar-refractivity contribution in [2.24, 2.45) is 5.73 Å². The van der Waals surface area contributed by atoms with Gasteiger partial charge in [-0.25, -0.2) is 27.2 Å². The molecule has 35 heavy (non-hydrogen) atoms. The molecular weight excluding hydrogens is 461 g/mol. The second-order valence-corrected chi connectivity index (χ2v) is 7.74. The van der Waals surface area contributed by atoms with Crippen molar-refractivity contribution in [1.29, 1.82) is 0 Å². The molecule has 0 fully saturated rings. The fourth-order valence-corrected chi connectivity index (χ4v) is 3.73. The molecule has 0 amide bonds. The molecule has 10 heteroatoms. The zero-order valence-electron chi connectivity index (χ0n) is 18.6. The van der Waals surface area contributed by atoms with Crippen molar-refractivity contribution < 1.29 is 17.9 Å². The first-order chi connectivity index (χ1) is 16.8. The standard InChI is InChI=1S/C25H21F3N4O3/c1-35-20-12-5-9-16(22(20)28)23-24(33)32(21(29)13-15-7-3-2-4-8-15)25(34)31(30-23)14-17-18(26)10-6-11-19(17)27/h2-12,21H,13-14,29H2,1H3. The van der Waals surface area contributed by atoms with Crippen molar-refractivity contribution in [3.63, 3.8) is 0 Å². The highest BCUT2D eigenvalue weighted by atomic mass is 19.1. The maximum atomic E-state index is 15.1. The van der Waals surface area contributed by atoms with E-state index in [1.54, 1.807) is 30.3 Å². The Morgan fingerprint density at radius 1 is 0.943 bits per heavy atom. The Kier molecular flexibility index (Phi) is 6.83. The van der Waals surface area contributed by atoms with Crippen LogP contribution >= 0.6 is 0 Å². The van der Waals surface area contributed by atoms with Crippen LogP contribution in [0.25, 0.3) is 11.3 Å². The van der Waals surface area contributed by atoms with Gasteiger partial charge < -0.3 is 10.5 Å². The number of aromatic nitrogens is 3. The molecule has 0 bridgehead atoms. The average molecular weight is 482 g/mol. The Bertz CT molecular complexity index is 1470. The quantitative estimate of drug-likeness (QED) is 0.437. The molecule has 4 aromatic rings. The summed E-state index contributed by atoms with van der Waals surface area (Å²) in [5.41, 5.74) is 3.89. The van der Waals surface area contributed by atoms with Gasteiger partial charge in [0.15, 0.2) is 17.3 Å². The highest BCUT2D eigenvalue weighted by molar-refractivity contribution is 5.61. The van der Waals surface area contributed by atoms with E-state index in [2.05, 4.69) is 5.10 Å². The Morgan fingerprint density at radius 3 is 2.26 bits per heavy atom. The monoisotopic (exact) mass is 482 g/mol. The molecule has 0 radical (unpaired) electrons. The van der Waals surface area contributed by atoms with E-state index in [4.69, 9.17) is 10.5 Å². The molecule has 1 atom stereocenters. The zero-order chi connectivity index (χ0) is 25.1. The van der Waals surface area contributed by atoms with Gasteiger partial charge in [0.25, 0.3) is 5.56 Å². The third kappa shape index (κ3) is 4.73. The van der Waals surface area contributed by atoms with Crippen LogP contribution in [-0.4, -0.2) is 21.5 Å². The summed E-state index contributed by atoms with van der Waals surface area (Å²) in [5.74, 6) is -2.84. The lowest BCUT2D eigenvalue weighted by Gasteiger charge is -2.18. The van der Waals surface area contributed by atoms with Crippen molar-refractivity contribution in [3.8, 4) is 17.0 Å². The van der Waals surface area contributed by atoms with Crippen LogP contribution < -0.4 is 21.7 Å². The van der Waals surface area contributed by atoms with E-state index in [-0.39, 0.29) is 17.7 Å². The third-order valence-electron chi connectivity index (χ3n) is 5.50. The summed E-state index contributed by atoms with van der Waals surface area (Å²) < 4.78 is 50.1. The van der Waals surface area contributed by atoms with E-state index in [0.717, 1.165) is 17.7 Å². The molecule has 7 nitrogen and oxygen atoms in total. The Balaban J connectivity index is 1.93. The van der Waals surface area contributed by atoms with Gasteiger partial charge in [0, 0.05) is 17.5 Å². The van der Waals surface area contributed by atoms with Crippen LogP contribution in [0.4, 0.5) is 13.2 Å². The number of rotatable bonds is 7. The minimum absolute atomic E-state index is 0.0914. The molecule has 1 heterocycles. The van der Waals surface area contributed by atoms with E-state index < -0.39 is 52.7 Å². The van der Waals surface area contributed by atoms with Crippen LogP contribution in [0.15, 0.2) is 76.3 Å². The van der Waals surface area contributed by atoms with E-state index in [1.807, 2.05) is 0 Å². The van der Waals surface area contributed by atoms with E-state index in [1.165, 1.54) is 31.4 Å². The molecule has 1 aromatic heterocycles. The van der Waals surface area contributed by atoms with Gasteiger partial charge in [0.2, 0.25) is 0 Å². The van der Waals surface area contributed by atoms with Crippen molar-refractivity contribution in [3.05, 3.63) is 116 Å². The third-order valence-corrected chi connectivity index (χ3v) is 5.50. The predicted molar refractivity (Wildman–Crippen MR) is 124 cm³/mol. The van der Waals surface area contributed by atoms with Crippen LogP contribution in [0.2, 0.25) is 0 Å². The Hall–Kier alpha value is -4.18. The minimum Gasteiger partial charge on any atom is -0.494 e. The second-order valence-electron chi connectivity index (χ2n) is 7.74. The maximum absolute atomic E-state index is 15.1. The molecule has 0 saturated heterocycles. The Morgan fingerprint density at radius 2 is 1.60 bits per heavy atom. The van der Waals surface area contributed by atoms with Gasteiger partial charge in [-0.1, -0.05) is 42.5 Å². The molecule has 1 unspecified atom stereocenters. The first-order valence-electron chi connectivity index (χ1n) is 10.6. The SMILES string of the molecule is COc1cccc(-c2nn(Cc3c(F)cccc3F)c(=O)n(C(N)Cc3ccccc3)c2=O)c1F. The van der Waals surface area contributed by atoms with Crippen LogP contribution in [-0.2, 0) is 13.0 Å². The molecule has 180 valence electrons. The number of nitrogens with zero attached hydrogens (tertiary/aromatic N) is 3. The lowest BCUT2D eigenvalue weighted by atomic mass is 10.1. The van der Waals surface area contributed by atoms with Gasteiger partial charge in [0.05, 0.1) is 19.8 Å². The fraction of sp³-hybridized carbons (Fsp3) is 0.160. The first kappa shape index (κ1) is 24.0. The number of hydrogen-bond acceptors (Lipinski definition) is 5. The topological polar surface area (TPSA) is 92.1 Å². The smallest absolute Gasteiger partial charge is 0.349 e. The summed E-state index contributed by atoms with van der Waals surface area (Å²) in [4.78, 5) is 26.6. The molecule has 0 aliphatic heterocycles. The first-order valence-corrected chi connectivity index (χ1v) is 10.6. The summed E-state index contributed by atoms with van der Waals surface area (Å²) in [7, 11) is 1.26. The lowest BCUT2D eigenvalue weighted by Crippen LogP contribution is -2.47. The van der Waals surface area contributed by atoms with Crippen LogP contribution in [0, 0.1) is 17.5 Å². The normalized spacial score (nSPS) is 11.9. The van der Waals surface area contributed by atoms with Gasteiger partial charge in [-0.15, -0.1) is 0 Å². The van der Waals surface area contributed by atoms with Gasteiger partial charge in [-0.2, -0.15) is 5.10 Å². The highest BCUT2D eigenvalue weighted by Gasteiger charge is 2.23. The number of halogens is 3. The summed E-state index contributed by atoms with van der Waals surface area (Å²) in [6.07, 6.45) is -1.07. The van der Waals surface area contributed by atoms with Crippen LogP contribution in [0.3, 0.4) is 0 Å². The molecule has 3 aromatic carbocycles. The molecule has 4 rings (SSSR count). The Labute approximate surface area is 197 Å². The van der Waals surface area contributed by atoms with E-state index in [0.29, 0.717) is 9.25 Å². The summed E-state index contributed by atoms with van der Waals surface area (Å²) in [6.45, 7) is -0.645. The van der Waals surface area contributed by atoms with Crippen molar-refractivity contribution in [1.82, 2.24) is 14.3 Å². The van der Waals surface area contributed by atoms with Crippen LogP contribution in [0.5, 0.6) is 5.75 Å². The number of hydrogen-bond donors (Lipinski definition) is 1. The number of nitrogens with two attached hydrogens (primary N) is 1. The summed E-state index contributed by atoms with van der Waals surface area (Å²) >= 11 is 0. The van der Waals surface area contributed by atoms with Crippen molar-refractivity contribution >= 4 is 0 Å². The molecule has 0 aliphatic carbocycles. The fourth-order valence-electron chi connectivity index (χ4n) is 3.73. The van der Waals surface area contributed by atoms with Gasteiger partial charge in [-0.05, 0) is 29.8 Å². The molecular formula is C25H21F3N4O3. The van der Waals surface area contributed by atoms with Crippen molar-refractivity contribution in [2.75, 3.05) is 7.11 Å². The minimum atomic E-state index is -1.16. The van der Waals surface area contributed by atoms with E-state index in [9.17, 15) is 18.4 Å². The van der Waals surface area contributed by atoms with Crippen LogP contribution in [0.1, 0.15) is 17.3 Å². The predicted octanol–water partition coefficient (Wildman–Crippen LogP) is 3.25. The van der Waals surface area contributed by atoms with Gasteiger partial charge >= 0.3 is 5.69 Å². The number of benzene rings is 3.